The van der Waals surface area contributed by atoms with E-state index in [1.54, 1.807) is 12.1 Å². The van der Waals surface area contributed by atoms with E-state index in [-0.39, 0.29) is 0 Å². The van der Waals surface area contributed by atoms with Gasteiger partial charge in [0, 0.05) is 18.3 Å². The minimum Gasteiger partial charge on any atom is -0.478 e. The van der Waals surface area contributed by atoms with Gasteiger partial charge < -0.3 is 15.7 Å². The first-order chi connectivity index (χ1) is 8.25. The topological polar surface area (TPSA) is 61.4 Å². The largest absolute Gasteiger partial charge is 0.478 e. The summed E-state index contributed by atoms with van der Waals surface area (Å²) >= 11 is 0. The highest BCUT2D eigenvalue weighted by Gasteiger charge is 2.11. The van der Waals surface area contributed by atoms with Crippen LogP contribution in [0.1, 0.15) is 29.6 Å². The number of benzene rings is 1. The summed E-state index contributed by atoms with van der Waals surface area (Å²) in [4.78, 5) is 10.7. The molecule has 1 fully saturated rings. The lowest BCUT2D eigenvalue weighted by molar-refractivity contribution is 0.0697. The zero-order chi connectivity index (χ0) is 12.1. The standard InChI is InChI=1S/C13H18N2O2/c16-13(17)10-4-6-11(7-5-10)15-9-12-3-1-2-8-14-12/h4-7,12,14-15H,1-3,8-9H2,(H,16,17). The van der Waals surface area contributed by atoms with Crippen LogP contribution in [0.2, 0.25) is 0 Å². The van der Waals surface area contributed by atoms with E-state index in [4.69, 9.17) is 5.11 Å². The summed E-state index contributed by atoms with van der Waals surface area (Å²) in [5, 5.41) is 15.6. The second kappa shape index (κ2) is 5.68. The Balaban J connectivity index is 1.84. The minimum atomic E-state index is -0.884. The fraction of sp³-hybridized carbons (Fsp3) is 0.462. The smallest absolute Gasteiger partial charge is 0.335 e. The Morgan fingerprint density at radius 2 is 2.12 bits per heavy atom. The molecule has 2 rings (SSSR count). The van der Waals surface area contributed by atoms with Crippen LogP contribution < -0.4 is 10.6 Å². The van der Waals surface area contributed by atoms with Crippen LogP contribution in [-0.4, -0.2) is 30.2 Å². The van der Waals surface area contributed by atoms with Gasteiger partial charge in [0.25, 0.3) is 0 Å². The number of carbonyl (C=O) groups is 1. The van der Waals surface area contributed by atoms with Crippen molar-refractivity contribution in [2.75, 3.05) is 18.4 Å². The van der Waals surface area contributed by atoms with Gasteiger partial charge in [0.1, 0.15) is 0 Å². The van der Waals surface area contributed by atoms with Gasteiger partial charge in [-0.3, -0.25) is 0 Å². The molecule has 0 radical (unpaired) electrons. The van der Waals surface area contributed by atoms with E-state index in [9.17, 15) is 4.79 Å². The molecule has 0 saturated carbocycles. The van der Waals surface area contributed by atoms with Gasteiger partial charge in [-0.25, -0.2) is 4.79 Å². The van der Waals surface area contributed by atoms with E-state index in [0.717, 1.165) is 18.8 Å². The van der Waals surface area contributed by atoms with Crippen LogP contribution >= 0.6 is 0 Å². The van der Waals surface area contributed by atoms with Gasteiger partial charge in [-0.1, -0.05) is 6.42 Å². The van der Waals surface area contributed by atoms with Crippen LogP contribution in [0.5, 0.6) is 0 Å². The van der Waals surface area contributed by atoms with Gasteiger partial charge in [-0.2, -0.15) is 0 Å². The fourth-order valence-corrected chi connectivity index (χ4v) is 2.07. The predicted molar refractivity (Wildman–Crippen MR) is 67.5 cm³/mol. The second-order valence-electron chi connectivity index (χ2n) is 4.41. The molecular formula is C13H18N2O2. The van der Waals surface area contributed by atoms with E-state index in [1.807, 2.05) is 12.1 Å². The van der Waals surface area contributed by atoms with Crippen molar-refractivity contribution in [3.05, 3.63) is 29.8 Å². The molecule has 17 heavy (non-hydrogen) atoms. The van der Waals surface area contributed by atoms with Gasteiger partial charge in [0.2, 0.25) is 0 Å². The van der Waals surface area contributed by atoms with Crippen molar-refractivity contribution < 1.29 is 9.90 Å². The van der Waals surface area contributed by atoms with Crippen LogP contribution in [0.3, 0.4) is 0 Å². The molecule has 3 N–H and O–H groups in total. The number of aromatic carboxylic acids is 1. The van der Waals surface area contributed by atoms with Crippen LogP contribution in [0.25, 0.3) is 0 Å². The van der Waals surface area contributed by atoms with Crippen molar-refractivity contribution in [2.45, 2.75) is 25.3 Å². The molecule has 4 nitrogen and oxygen atoms in total. The van der Waals surface area contributed by atoms with Crippen molar-refractivity contribution >= 4 is 11.7 Å². The molecule has 4 heteroatoms. The molecule has 1 aliphatic rings. The molecule has 1 aromatic carbocycles. The SMILES string of the molecule is O=C(O)c1ccc(NCC2CCCCN2)cc1. The fourth-order valence-electron chi connectivity index (χ4n) is 2.07. The summed E-state index contributed by atoms with van der Waals surface area (Å²) in [6.07, 6.45) is 3.77. The third-order valence-electron chi connectivity index (χ3n) is 3.10. The summed E-state index contributed by atoms with van der Waals surface area (Å²) in [6.45, 7) is 2.00. The highest BCUT2D eigenvalue weighted by atomic mass is 16.4. The molecule has 1 aliphatic heterocycles. The van der Waals surface area contributed by atoms with Gasteiger partial charge in [0.15, 0.2) is 0 Å². The highest BCUT2D eigenvalue weighted by Crippen LogP contribution is 2.11. The summed E-state index contributed by atoms with van der Waals surface area (Å²) < 4.78 is 0. The predicted octanol–water partition coefficient (Wildman–Crippen LogP) is 1.94. The van der Waals surface area contributed by atoms with Crippen molar-refractivity contribution in [1.29, 1.82) is 0 Å². The Kier molecular flexibility index (Phi) is 3.98. The monoisotopic (exact) mass is 234 g/mol. The first-order valence-corrected chi connectivity index (χ1v) is 6.06. The molecule has 1 unspecified atom stereocenters. The molecular weight excluding hydrogens is 216 g/mol. The van der Waals surface area contributed by atoms with Crippen molar-refractivity contribution in [1.82, 2.24) is 5.32 Å². The molecule has 1 heterocycles. The van der Waals surface area contributed by atoms with Gasteiger partial charge in [-0.15, -0.1) is 0 Å². The number of rotatable bonds is 4. The molecule has 0 spiro atoms. The Morgan fingerprint density at radius 3 is 2.71 bits per heavy atom. The van der Waals surface area contributed by atoms with Gasteiger partial charge in [-0.05, 0) is 43.7 Å². The maximum absolute atomic E-state index is 10.7. The lowest BCUT2D eigenvalue weighted by Gasteiger charge is -2.24. The van der Waals surface area contributed by atoms with E-state index in [0.29, 0.717) is 11.6 Å². The Bertz CT molecular complexity index is 370. The second-order valence-corrected chi connectivity index (χ2v) is 4.41. The molecule has 1 atom stereocenters. The van der Waals surface area contributed by atoms with Crippen molar-refractivity contribution in [3.8, 4) is 0 Å². The number of hydrogen-bond donors (Lipinski definition) is 3. The van der Waals surface area contributed by atoms with Gasteiger partial charge in [0.05, 0.1) is 5.56 Å². The molecule has 0 aromatic heterocycles. The van der Waals surface area contributed by atoms with Gasteiger partial charge >= 0.3 is 5.97 Å². The molecule has 0 aliphatic carbocycles. The summed E-state index contributed by atoms with van der Waals surface area (Å²) in [7, 11) is 0. The average molecular weight is 234 g/mol. The first kappa shape index (κ1) is 11.9. The maximum Gasteiger partial charge on any atom is 0.335 e. The lowest BCUT2D eigenvalue weighted by Crippen LogP contribution is -2.39. The average Bonchev–Trinajstić information content (AvgIpc) is 2.38. The minimum absolute atomic E-state index is 0.325. The number of piperidine rings is 1. The summed E-state index contributed by atoms with van der Waals surface area (Å²) in [5.41, 5.74) is 1.30. The van der Waals surface area contributed by atoms with Crippen LogP contribution in [0.15, 0.2) is 24.3 Å². The number of carboxylic acids is 1. The van der Waals surface area contributed by atoms with Crippen LogP contribution in [0, 0.1) is 0 Å². The number of hydrogen-bond acceptors (Lipinski definition) is 3. The quantitative estimate of drug-likeness (QED) is 0.745. The number of carboxylic acid groups (broad SMARTS) is 1. The molecule has 0 bridgehead atoms. The number of anilines is 1. The van der Waals surface area contributed by atoms with Crippen molar-refractivity contribution in [2.24, 2.45) is 0 Å². The third-order valence-corrected chi connectivity index (χ3v) is 3.10. The third kappa shape index (κ3) is 3.46. The highest BCUT2D eigenvalue weighted by molar-refractivity contribution is 5.87. The van der Waals surface area contributed by atoms with E-state index in [1.165, 1.54) is 19.3 Å². The summed E-state index contributed by atoms with van der Waals surface area (Å²) in [5.74, 6) is -0.884. The first-order valence-electron chi connectivity index (χ1n) is 6.06. The maximum atomic E-state index is 10.7. The van der Waals surface area contributed by atoms with E-state index >= 15 is 0 Å². The normalized spacial score (nSPS) is 19.9. The molecule has 92 valence electrons. The Labute approximate surface area is 101 Å². The van der Waals surface area contributed by atoms with Crippen LogP contribution in [0.4, 0.5) is 5.69 Å². The molecule has 1 aromatic rings. The molecule has 1 saturated heterocycles. The van der Waals surface area contributed by atoms with E-state index in [2.05, 4.69) is 10.6 Å². The number of nitrogens with one attached hydrogen (secondary N) is 2. The Hall–Kier alpha value is -1.55. The molecule has 0 amide bonds. The van der Waals surface area contributed by atoms with E-state index < -0.39 is 5.97 Å². The lowest BCUT2D eigenvalue weighted by atomic mass is 10.1. The zero-order valence-corrected chi connectivity index (χ0v) is 9.78. The van der Waals surface area contributed by atoms with Crippen LogP contribution in [-0.2, 0) is 0 Å². The summed E-state index contributed by atoms with van der Waals surface area (Å²) in [6, 6.07) is 7.40. The Morgan fingerprint density at radius 1 is 1.35 bits per heavy atom. The zero-order valence-electron chi connectivity index (χ0n) is 9.78. The van der Waals surface area contributed by atoms with Crippen molar-refractivity contribution in [3.63, 3.8) is 0 Å².